The van der Waals surface area contributed by atoms with Gasteiger partial charge >= 0.3 is 0 Å². The quantitative estimate of drug-likeness (QED) is 0.315. The number of likely N-dealkylation sites (tertiary alicyclic amines) is 1. The maximum atomic E-state index is 13.3. The predicted molar refractivity (Wildman–Crippen MR) is 152 cm³/mol. The van der Waals surface area contributed by atoms with Crippen molar-refractivity contribution in [3.05, 3.63) is 102 Å². The van der Waals surface area contributed by atoms with Crippen molar-refractivity contribution in [2.24, 2.45) is 0 Å². The number of nitrogens with zero attached hydrogens (tertiary/aromatic N) is 3. The van der Waals surface area contributed by atoms with E-state index in [1.54, 1.807) is 12.3 Å². The molecule has 1 amide bonds. The Labute approximate surface area is 228 Å². The number of hydrogen-bond donors (Lipinski definition) is 1. The highest BCUT2D eigenvalue weighted by Crippen LogP contribution is 2.27. The summed E-state index contributed by atoms with van der Waals surface area (Å²) in [6.45, 7) is 3.75. The Bertz CT molecular complexity index is 1570. The van der Waals surface area contributed by atoms with Crippen molar-refractivity contribution in [3.63, 3.8) is 0 Å². The van der Waals surface area contributed by atoms with Crippen LogP contribution in [-0.4, -0.2) is 54.6 Å². The molecule has 1 N–H and O–H groups in total. The zero-order valence-corrected chi connectivity index (χ0v) is 22.7. The summed E-state index contributed by atoms with van der Waals surface area (Å²) in [6, 6.07) is 23.4. The third kappa shape index (κ3) is 7.14. The monoisotopic (exact) mass is 542 g/mol. The van der Waals surface area contributed by atoms with Crippen molar-refractivity contribution >= 4 is 21.7 Å². The largest absolute Gasteiger partial charge is 0.321 e. The second-order valence-corrected chi connectivity index (χ2v) is 11.4. The molecule has 1 fully saturated rings. The lowest BCUT2D eigenvalue weighted by Crippen LogP contribution is -2.24. The fourth-order valence-electron chi connectivity index (χ4n) is 4.75. The van der Waals surface area contributed by atoms with Gasteiger partial charge < -0.3 is 5.32 Å². The van der Waals surface area contributed by atoms with E-state index in [9.17, 15) is 13.2 Å². The van der Waals surface area contributed by atoms with Gasteiger partial charge in [-0.05, 0) is 72.0 Å². The molecule has 1 aliphatic rings. The van der Waals surface area contributed by atoms with Gasteiger partial charge in [0.25, 0.3) is 16.0 Å². The normalized spacial score (nSPS) is 15.8. The standard InChI is InChI=1S/C30H30N4O4S/c1-21-8-9-25(18-32-21)26-14-22(19-34-13-11-28(20-34)38-39(2,36)37)15-27(16-26)33-30(35)29-17-24(10-12-31-29)23-6-4-3-5-7-23/h3-10,12,14-18,28H,11,13,19-20H2,1-2H3,(H,33,35)/t28-/m1/s1. The van der Waals surface area contributed by atoms with E-state index in [-0.39, 0.29) is 12.0 Å². The maximum Gasteiger partial charge on any atom is 0.274 e. The number of aryl methyl sites for hydroxylation is 1. The van der Waals surface area contributed by atoms with Crippen molar-refractivity contribution in [1.82, 2.24) is 14.9 Å². The van der Waals surface area contributed by atoms with Crippen LogP contribution in [0.4, 0.5) is 5.69 Å². The van der Waals surface area contributed by atoms with Gasteiger partial charge in [-0.3, -0.25) is 23.8 Å². The molecule has 9 heteroatoms. The van der Waals surface area contributed by atoms with Gasteiger partial charge in [-0.2, -0.15) is 8.42 Å². The van der Waals surface area contributed by atoms with Crippen LogP contribution >= 0.6 is 0 Å². The van der Waals surface area contributed by atoms with Crippen LogP contribution < -0.4 is 5.32 Å². The van der Waals surface area contributed by atoms with E-state index in [1.165, 1.54) is 0 Å². The number of benzene rings is 2. The first kappa shape index (κ1) is 26.7. The molecule has 200 valence electrons. The minimum atomic E-state index is -3.50. The van der Waals surface area contributed by atoms with Gasteiger partial charge in [-0.25, -0.2) is 0 Å². The van der Waals surface area contributed by atoms with Gasteiger partial charge in [0.05, 0.1) is 12.4 Å². The molecular formula is C30H30N4O4S. The SMILES string of the molecule is Cc1ccc(-c2cc(CN3CC[C@@H](OS(C)(=O)=O)C3)cc(NC(=O)c3cc(-c4ccccc4)ccn3)c2)cn1. The molecule has 8 nitrogen and oxygen atoms in total. The summed E-state index contributed by atoms with van der Waals surface area (Å²) in [4.78, 5) is 24.1. The molecule has 0 radical (unpaired) electrons. The molecule has 2 aromatic carbocycles. The third-order valence-corrected chi connectivity index (χ3v) is 7.16. The number of anilines is 1. The number of hydrogen-bond acceptors (Lipinski definition) is 7. The minimum Gasteiger partial charge on any atom is -0.321 e. The fraction of sp³-hybridized carbons (Fsp3) is 0.233. The Morgan fingerprint density at radius 2 is 1.79 bits per heavy atom. The lowest BCUT2D eigenvalue weighted by Gasteiger charge is -2.18. The van der Waals surface area contributed by atoms with Crippen LogP contribution in [0.15, 0.2) is 85.2 Å². The molecule has 0 unspecified atom stereocenters. The Hall–Kier alpha value is -3.92. The summed E-state index contributed by atoms with van der Waals surface area (Å²) in [5.41, 5.74) is 6.64. The number of carbonyl (C=O) groups is 1. The van der Waals surface area contributed by atoms with Crippen LogP contribution in [0.5, 0.6) is 0 Å². The molecular weight excluding hydrogens is 512 g/mol. The third-order valence-electron chi connectivity index (χ3n) is 6.54. The van der Waals surface area contributed by atoms with Gasteiger partial charge in [-0.15, -0.1) is 0 Å². The molecule has 1 aliphatic heterocycles. The number of rotatable bonds is 8. The van der Waals surface area contributed by atoms with E-state index in [0.29, 0.717) is 37.4 Å². The van der Waals surface area contributed by atoms with Crippen molar-refractivity contribution in [3.8, 4) is 22.3 Å². The van der Waals surface area contributed by atoms with E-state index in [0.717, 1.165) is 39.8 Å². The Balaban J connectivity index is 1.39. The van der Waals surface area contributed by atoms with Crippen molar-refractivity contribution in [2.75, 3.05) is 24.7 Å². The first-order valence-electron chi connectivity index (χ1n) is 12.7. The number of amides is 1. The second kappa shape index (κ2) is 11.4. The number of carbonyl (C=O) groups excluding carboxylic acids is 1. The van der Waals surface area contributed by atoms with E-state index < -0.39 is 10.1 Å². The molecule has 0 bridgehead atoms. The lowest BCUT2D eigenvalue weighted by atomic mass is 10.0. The Morgan fingerprint density at radius 1 is 0.974 bits per heavy atom. The van der Waals surface area contributed by atoms with Crippen LogP contribution in [0.25, 0.3) is 22.3 Å². The Kier molecular flexibility index (Phi) is 7.83. The van der Waals surface area contributed by atoms with Crippen LogP contribution in [0.3, 0.4) is 0 Å². The number of nitrogens with one attached hydrogen (secondary N) is 1. The predicted octanol–water partition coefficient (Wildman–Crippen LogP) is 4.92. The first-order valence-corrected chi connectivity index (χ1v) is 14.5. The molecule has 1 saturated heterocycles. The molecule has 39 heavy (non-hydrogen) atoms. The average Bonchev–Trinajstić information content (AvgIpc) is 3.34. The summed E-state index contributed by atoms with van der Waals surface area (Å²) >= 11 is 0. The van der Waals surface area contributed by atoms with Crippen molar-refractivity contribution in [2.45, 2.75) is 26.0 Å². The van der Waals surface area contributed by atoms with E-state index >= 15 is 0 Å². The van der Waals surface area contributed by atoms with E-state index in [4.69, 9.17) is 4.18 Å². The maximum absolute atomic E-state index is 13.3. The highest BCUT2D eigenvalue weighted by Gasteiger charge is 2.26. The average molecular weight is 543 g/mol. The zero-order chi connectivity index (χ0) is 27.4. The first-order chi connectivity index (χ1) is 18.7. The second-order valence-electron chi connectivity index (χ2n) is 9.80. The van der Waals surface area contributed by atoms with E-state index in [1.807, 2.05) is 73.8 Å². The van der Waals surface area contributed by atoms with Gasteiger partial charge in [-0.1, -0.05) is 36.4 Å². The van der Waals surface area contributed by atoms with Crippen LogP contribution in [0, 0.1) is 6.92 Å². The molecule has 2 aromatic heterocycles. The Morgan fingerprint density at radius 3 is 2.54 bits per heavy atom. The van der Waals surface area contributed by atoms with Crippen molar-refractivity contribution in [1.29, 1.82) is 0 Å². The summed E-state index contributed by atoms with van der Waals surface area (Å²) in [5.74, 6) is -0.305. The highest BCUT2D eigenvalue weighted by atomic mass is 32.2. The molecule has 0 saturated carbocycles. The van der Waals surface area contributed by atoms with Gasteiger partial charge in [0, 0.05) is 49.0 Å². The van der Waals surface area contributed by atoms with Crippen LogP contribution in [0.2, 0.25) is 0 Å². The molecule has 0 aliphatic carbocycles. The molecule has 5 rings (SSSR count). The topological polar surface area (TPSA) is 101 Å². The number of aromatic nitrogens is 2. The highest BCUT2D eigenvalue weighted by molar-refractivity contribution is 7.86. The fourth-order valence-corrected chi connectivity index (χ4v) is 5.40. The number of pyridine rings is 2. The summed E-state index contributed by atoms with van der Waals surface area (Å²) < 4.78 is 28.3. The van der Waals surface area contributed by atoms with Crippen LogP contribution in [-0.2, 0) is 20.8 Å². The molecule has 0 spiro atoms. The molecule has 3 heterocycles. The molecule has 4 aromatic rings. The minimum absolute atomic E-state index is 0.305. The van der Waals surface area contributed by atoms with Gasteiger partial charge in [0.15, 0.2) is 0 Å². The zero-order valence-electron chi connectivity index (χ0n) is 21.9. The van der Waals surface area contributed by atoms with Gasteiger partial charge in [0.1, 0.15) is 5.69 Å². The van der Waals surface area contributed by atoms with E-state index in [2.05, 4.69) is 26.3 Å². The smallest absolute Gasteiger partial charge is 0.274 e. The van der Waals surface area contributed by atoms with Crippen LogP contribution in [0.1, 0.15) is 28.2 Å². The summed E-state index contributed by atoms with van der Waals surface area (Å²) in [5, 5.41) is 3.02. The lowest BCUT2D eigenvalue weighted by molar-refractivity contribution is 0.102. The summed E-state index contributed by atoms with van der Waals surface area (Å²) in [7, 11) is -3.50. The van der Waals surface area contributed by atoms with Crippen molar-refractivity contribution < 1.29 is 17.4 Å². The summed E-state index contributed by atoms with van der Waals surface area (Å²) in [6.07, 6.45) is 4.82. The molecule has 1 atom stereocenters. The van der Waals surface area contributed by atoms with Gasteiger partial charge in [0.2, 0.25) is 0 Å².